The molecule has 0 heterocycles. The Balaban J connectivity index is 0.00000324. The van der Waals surface area contributed by atoms with E-state index in [2.05, 4.69) is 4.72 Å². The molecule has 0 unspecified atom stereocenters. The fourth-order valence-corrected chi connectivity index (χ4v) is 2.67. The number of unbranched alkanes of at least 4 members (excludes halogenated alkanes) is 1. The number of hydrogen-bond acceptors (Lipinski definition) is 4. The second-order valence-electron chi connectivity index (χ2n) is 3.96. The lowest BCUT2D eigenvalue weighted by Gasteiger charge is -2.06. The monoisotopic (exact) mass is 303 g/mol. The fraction of sp³-hybridized carbons (Fsp3) is 0.417. The van der Waals surface area contributed by atoms with E-state index >= 15 is 0 Å². The zero-order chi connectivity index (χ0) is 13.4. The maximum absolute atomic E-state index is 11.7. The molecule has 0 saturated heterocycles. The molecule has 0 fully saturated rings. The molecule has 1 aromatic rings. The van der Waals surface area contributed by atoms with E-state index in [1.165, 1.54) is 0 Å². The molecule has 0 amide bonds. The van der Waals surface area contributed by atoms with Crippen LogP contribution in [0.5, 0.6) is 0 Å². The third-order valence-corrected chi connectivity index (χ3v) is 3.72. The van der Waals surface area contributed by atoms with Crippen molar-refractivity contribution in [2.45, 2.75) is 18.6 Å². The molecule has 0 aliphatic heterocycles. The lowest BCUT2D eigenvalue weighted by atomic mass is 10.2. The van der Waals surface area contributed by atoms with Gasteiger partial charge in [-0.1, -0.05) is 12.1 Å². The predicted octanol–water partition coefficient (Wildman–Crippen LogP) is 1.14. The smallest absolute Gasteiger partial charge is 0.215 e. The summed E-state index contributed by atoms with van der Waals surface area (Å²) in [6, 6.07) is 8.58. The summed E-state index contributed by atoms with van der Waals surface area (Å²) in [6.07, 6.45) is 1.53. The van der Waals surface area contributed by atoms with Gasteiger partial charge in [0.25, 0.3) is 0 Å². The van der Waals surface area contributed by atoms with Crippen molar-refractivity contribution in [3.05, 3.63) is 35.4 Å². The second kappa shape index (κ2) is 8.88. The van der Waals surface area contributed by atoms with Crippen molar-refractivity contribution < 1.29 is 8.42 Å². The van der Waals surface area contributed by atoms with Crippen LogP contribution < -0.4 is 10.5 Å². The van der Waals surface area contributed by atoms with Gasteiger partial charge in [0.1, 0.15) is 0 Å². The van der Waals surface area contributed by atoms with Crippen LogP contribution in [0.4, 0.5) is 0 Å². The Labute approximate surface area is 120 Å². The third-order valence-electron chi connectivity index (χ3n) is 2.37. The number of halogens is 1. The van der Waals surface area contributed by atoms with E-state index in [1.807, 2.05) is 6.07 Å². The fourth-order valence-electron chi connectivity index (χ4n) is 1.50. The molecule has 19 heavy (non-hydrogen) atoms. The summed E-state index contributed by atoms with van der Waals surface area (Å²) in [4.78, 5) is 0. The van der Waals surface area contributed by atoms with Crippen LogP contribution in [-0.4, -0.2) is 21.5 Å². The van der Waals surface area contributed by atoms with Crippen LogP contribution in [0.25, 0.3) is 0 Å². The quantitative estimate of drug-likeness (QED) is 0.738. The van der Waals surface area contributed by atoms with E-state index in [9.17, 15) is 8.42 Å². The first-order valence-electron chi connectivity index (χ1n) is 5.74. The lowest BCUT2D eigenvalue weighted by molar-refractivity contribution is 0.576. The summed E-state index contributed by atoms with van der Waals surface area (Å²) in [5.41, 5.74) is 6.40. The Morgan fingerprint density at radius 3 is 2.68 bits per heavy atom. The van der Waals surface area contributed by atoms with E-state index in [-0.39, 0.29) is 18.2 Å². The van der Waals surface area contributed by atoms with Gasteiger partial charge in [-0.25, -0.2) is 13.1 Å². The summed E-state index contributed by atoms with van der Waals surface area (Å²) in [5.74, 6) is -0.106. The SMILES string of the molecule is Cl.N#Cc1cccc(CS(=O)(=O)NCCCCN)c1. The van der Waals surface area contributed by atoms with Crippen LogP contribution in [0.2, 0.25) is 0 Å². The van der Waals surface area contributed by atoms with Gasteiger partial charge in [-0.15, -0.1) is 12.4 Å². The van der Waals surface area contributed by atoms with Crippen molar-refractivity contribution in [1.29, 1.82) is 5.26 Å². The molecule has 1 rings (SSSR count). The van der Waals surface area contributed by atoms with Crippen molar-refractivity contribution >= 4 is 22.4 Å². The van der Waals surface area contributed by atoms with Crippen molar-refractivity contribution in [2.24, 2.45) is 5.73 Å². The first-order chi connectivity index (χ1) is 8.57. The second-order valence-corrected chi connectivity index (χ2v) is 5.77. The standard InChI is InChI=1S/C12H17N3O2S.ClH/c13-6-1-2-7-15-18(16,17)10-12-5-3-4-11(8-12)9-14;/h3-5,8,15H,1-2,6-7,10,13H2;1H. The van der Waals surface area contributed by atoms with Crippen LogP contribution >= 0.6 is 12.4 Å². The minimum absolute atomic E-state index is 0. The molecule has 1 aromatic carbocycles. The molecule has 5 nitrogen and oxygen atoms in total. The topological polar surface area (TPSA) is 96.0 Å². The molecule has 7 heteroatoms. The van der Waals surface area contributed by atoms with Crippen molar-refractivity contribution in [1.82, 2.24) is 4.72 Å². The molecule has 0 bridgehead atoms. The van der Waals surface area contributed by atoms with Crippen molar-refractivity contribution in [2.75, 3.05) is 13.1 Å². The summed E-state index contributed by atoms with van der Waals surface area (Å²) >= 11 is 0. The molecule has 0 aliphatic carbocycles. The van der Waals surface area contributed by atoms with Gasteiger partial charge in [-0.2, -0.15) is 5.26 Å². The molecule has 106 valence electrons. The van der Waals surface area contributed by atoms with Gasteiger partial charge >= 0.3 is 0 Å². The molecule has 3 N–H and O–H groups in total. The Morgan fingerprint density at radius 1 is 1.32 bits per heavy atom. The van der Waals surface area contributed by atoms with E-state index in [0.717, 1.165) is 12.8 Å². The van der Waals surface area contributed by atoms with Gasteiger partial charge in [0, 0.05) is 6.54 Å². The number of benzene rings is 1. The number of sulfonamides is 1. The number of hydrogen-bond donors (Lipinski definition) is 2. The highest BCUT2D eigenvalue weighted by Gasteiger charge is 2.10. The highest BCUT2D eigenvalue weighted by atomic mass is 35.5. The summed E-state index contributed by atoms with van der Waals surface area (Å²) in [7, 11) is -3.34. The van der Waals surface area contributed by atoms with E-state index in [4.69, 9.17) is 11.0 Å². The number of rotatable bonds is 7. The van der Waals surface area contributed by atoms with Crippen molar-refractivity contribution in [3.63, 3.8) is 0 Å². The van der Waals surface area contributed by atoms with E-state index in [1.54, 1.807) is 24.3 Å². The van der Waals surface area contributed by atoms with Gasteiger partial charge in [-0.05, 0) is 37.1 Å². The summed E-state index contributed by atoms with van der Waals surface area (Å²) in [6.45, 7) is 0.962. The van der Waals surface area contributed by atoms with Gasteiger partial charge < -0.3 is 5.73 Å². The van der Waals surface area contributed by atoms with E-state index in [0.29, 0.717) is 24.2 Å². The minimum atomic E-state index is -3.34. The maximum Gasteiger partial charge on any atom is 0.215 e. The molecular weight excluding hydrogens is 286 g/mol. The largest absolute Gasteiger partial charge is 0.330 e. The zero-order valence-electron chi connectivity index (χ0n) is 10.5. The molecule has 0 saturated carbocycles. The van der Waals surface area contributed by atoms with Crippen LogP contribution in [0.1, 0.15) is 24.0 Å². The first-order valence-corrected chi connectivity index (χ1v) is 7.39. The Hall–Kier alpha value is -1.13. The highest BCUT2D eigenvalue weighted by Crippen LogP contribution is 2.07. The van der Waals surface area contributed by atoms with Gasteiger partial charge in [0.15, 0.2) is 0 Å². The normalized spacial score (nSPS) is 10.5. The van der Waals surface area contributed by atoms with Crippen LogP contribution in [0, 0.1) is 11.3 Å². The third kappa shape index (κ3) is 7.13. The van der Waals surface area contributed by atoms with Crippen LogP contribution in [0.15, 0.2) is 24.3 Å². The molecule has 0 aliphatic rings. The minimum Gasteiger partial charge on any atom is -0.330 e. The predicted molar refractivity (Wildman–Crippen MR) is 77.3 cm³/mol. The van der Waals surface area contributed by atoms with Gasteiger partial charge in [-0.3, -0.25) is 0 Å². The van der Waals surface area contributed by atoms with Crippen molar-refractivity contribution in [3.8, 4) is 6.07 Å². The van der Waals surface area contributed by atoms with E-state index < -0.39 is 10.0 Å². The van der Waals surface area contributed by atoms with Gasteiger partial charge in [0.05, 0.1) is 17.4 Å². The number of nitrogens with zero attached hydrogens (tertiary/aromatic N) is 1. The molecule has 0 radical (unpaired) electrons. The maximum atomic E-state index is 11.7. The average molecular weight is 304 g/mol. The molecule has 0 atom stereocenters. The van der Waals surface area contributed by atoms with Gasteiger partial charge in [0.2, 0.25) is 10.0 Å². The molecule has 0 aromatic heterocycles. The average Bonchev–Trinajstić information content (AvgIpc) is 2.34. The lowest BCUT2D eigenvalue weighted by Crippen LogP contribution is -2.26. The van der Waals surface area contributed by atoms with Crippen LogP contribution in [0.3, 0.4) is 0 Å². The summed E-state index contributed by atoms with van der Waals surface area (Å²) in [5, 5.41) is 8.73. The summed E-state index contributed by atoms with van der Waals surface area (Å²) < 4.78 is 26.0. The molecular formula is C12H18ClN3O2S. The number of nitrogens with one attached hydrogen (secondary N) is 1. The van der Waals surface area contributed by atoms with Crippen LogP contribution in [-0.2, 0) is 15.8 Å². The molecule has 0 spiro atoms. The number of nitrogens with two attached hydrogens (primary N) is 1. The Kier molecular flexibility index (Phi) is 8.35. The number of nitriles is 1. The Morgan fingerprint density at radius 2 is 2.05 bits per heavy atom. The Bertz CT molecular complexity index is 526. The highest BCUT2D eigenvalue weighted by molar-refractivity contribution is 7.88. The zero-order valence-corrected chi connectivity index (χ0v) is 12.1. The first kappa shape index (κ1) is 17.9.